The summed E-state index contributed by atoms with van der Waals surface area (Å²) in [6.07, 6.45) is 1.32. The van der Waals surface area contributed by atoms with Gasteiger partial charge < -0.3 is 26.2 Å². The van der Waals surface area contributed by atoms with Gasteiger partial charge in [-0.1, -0.05) is 0 Å². The van der Waals surface area contributed by atoms with Crippen LogP contribution in [0.15, 0.2) is 0 Å². The lowest BCUT2D eigenvalue weighted by Gasteiger charge is -2.14. The highest BCUT2D eigenvalue weighted by Crippen LogP contribution is 2.14. The van der Waals surface area contributed by atoms with E-state index >= 15 is 0 Å². The highest BCUT2D eigenvalue weighted by Gasteiger charge is 2.22. The second-order valence-electron chi connectivity index (χ2n) is 4.48. The van der Waals surface area contributed by atoms with E-state index in [4.69, 9.17) is 15.6 Å². The Labute approximate surface area is 110 Å². The first-order valence-electron chi connectivity index (χ1n) is 6.12. The summed E-state index contributed by atoms with van der Waals surface area (Å²) in [4.78, 5) is 32.9. The number of nitrogens with one attached hydrogen (secondary N) is 2. The maximum Gasteiger partial charge on any atom is 0.326 e. The topological polar surface area (TPSA) is 131 Å². The highest BCUT2D eigenvalue weighted by atomic mass is 16.5. The Balaban J connectivity index is 2.23. The Morgan fingerprint density at radius 1 is 1.42 bits per heavy atom. The highest BCUT2D eigenvalue weighted by molar-refractivity contribution is 5.87. The van der Waals surface area contributed by atoms with Gasteiger partial charge in [0.15, 0.2) is 0 Å². The molecule has 0 radical (unpaired) electrons. The lowest BCUT2D eigenvalue weighted by molar-refractivity contribution is -0.140. The molecule has 1 saturated heterocycles. The number of carbonyl (C=O) groups excluding carboxylic acids is 2. The van der Waals surface area contributed by atoms with Crippen LogP contribution < -0.4 is 16.4 Å². The molecule has 0 spiro atoms. The van der Waals surface area contributed by atoms with Gasteiger partial charge in [0.1, 0.15) is 6.04 Å². The maximum absolute atomic E-state index is 11.4. The average Bonchev–Trinajstić information content (AvgIpc) is 2.80. The van der Waals surface area contributed by atoms with Crippen LogP contribution in [0.1, 0.15) is 19.3 Å². The number of carboxylic acids is 1. The van der Waals surface area contributed by atoms with E-state index in [0.717, 1.165) is 19.4 Å². The van der Waals surface area contributed by atoms with Gasteiger partial charge in [-0.05, 0) is 18.8 Å². The Kier molecular flexibility index (Phi) is 6.07. The molecule has 0 saturated carbocycles. The van der Waals surface area contributed by atoms with E-state index in [1.165, 1.54) is 0 Å². The van der Waals surface area contributed by atoms with Crippen molar-refractivity contribution in [2.75, 3.05) is 19.8 Å². The SMILES string of the molecule is NC(=O)C[C@@H](NC(=O)NCCC1CCOC1)C(=O)O. The van der Waals surface area contributed by atoms with Crippen LogP contribution in [0, 0.1) is 5.92 Å². The number of urea groups is 1. The maximum atomic E-state index is 11.4. The number of hydrogen-bond donors (Lipinski definition) is 4. The number of carbonyl (C=O) groups is 3. The molecule has 3 amide bonds. The molecule has 0 aliphatic carbocycles. The summed E-state index contributed by atoms with van der Waals surface area (Å²) >= 11 is 0. The molecule has 8 nitrogen and oxygen atoms in total. The first-order chi connectivity index (χ1) is 8.99. The third kappa shape index (κ3) is 6.05. The van der Waals surface area contributed by atoms with Crippen molar-refractivity contribution in [3.8, 4) is 0 Å². The van der Waals surface area contributed by atoms with Crippen LogP contribution in [-0.2, 0) is 14.3 Å². The fraction of sp³-hybridized carbons (Fsp3) is 0.727. The number of primary amides is 1. The molecule has 19 heavy (non-hydrogen) atoms. The molecule has 108 valence electrons. The molecule has 2 atom stereocenters. The molecule has 0 aromatic rings. The first-order valence-corrected chi connectivity index (χ1v) is 6.12. The molecule has 1 aliphatic heterocycles. The molecule has 5 N–H and O–H groups in total. The van der Waals surface area contributed by atoms with Crippen LogP contribution in [0.3, 0.4) is 0 Å². The third-order valence-electron chi connectivity index (χ3n) is 2.87. The summed E-state index contributed by atoms with van der Waals surface area (Å²) < 4.78 is 5.20. The van der Waals surface area contributed by atoms with E-state index in [2.05, 4.69) is 10.6 Å². The molecule has 1 heterocycles. The van der Waals surface area contributed by atoms with Crippen molar-refractivity contribution in [1.82, 2.24) is 10.6 Å². The van der Waals surface area contributed by atoms with Gasteiger partial charge in [-0.3, -0.25) is 4.79 Å². The van der Waals surface area contributed by atoms with Gasteiger partial charge in [-0.2, -0.15) is 0 Å². The number of carboxylic acid groups (broad SMARTS) is 1. The molecule has 0 aromatic carbocycles. The lowest BCUT2D eigenvalue weighted by atomic mass is 10.1. The van der Waals surface area contributed by atoms with Crippen LogP contribution in [0.5, 0.6) is 0 Å². The monoisotopic (exact) mass is 273 g/mol. The standard InChI is InChI=1S/C11H19N3O5/c12-9(15)5-8(10(16)17)14-11(18)13-3-1-7-2-4-19-6-7/h7-8H,1-6H2,(H2,12,15)(H,16,17)(H2,13,14,18)/t7?,8-/m1/s1. The Bertz CT molecular complexity index is 341. The quantitative estimate of drug-likeness (QED) is 0.474. The van der Waals surface area contributed by atoms with E-state index < -0.39 is 30.4 Å². The second kappa shape index (κ2) is 7.57. The molecule has 8 heteroatoms. The van der Waals surface area contributed by atoms with E-state index in [1.54, 1.807) is 0 Å². The summed E-state index contributed by atoms with van der Waals surface area (Å²) in [5.74, 6) is -1.64. The number of aliphatic carboxylic acids is 1. The number of amides is 3. The minimum Gasteiger partial charge on any atom is -0.480 e. The summed E-state index contributed by atoms with van der Waals surface area (Å²) in [7, 11) is 0. The van der Waals surface area contributed by atoms with Gasteiger partial charge in [0.05, 0.1) is 6.42 Å². The van der Waals surface area contributed by atoms with Crippen molar-refractivity contribution >= 4 is 17.9 Å². The fourth-order valence-corrected chi connectivity index (χ4v) is 1.81. The molecule has 0 bridgehead atoms. The van der Waals surface area contributed by atoms with Gasteiger partial charge in [0.2, 0.25) is 5.91 Å². The fourth-order valence-electron chi connectivity index (χ4n) is 1.81. The minimum absolute atomic E-state index is 0.431. The smallest absolute Gasteiger partial charge is 0.326 e. The van der Waals surface area contributed by atoms with Crippen LogP contribution in [-0.4, -0.2) is 48.8 Å². The predicted molar refractivity (Wildman–Crippen MR) is 65.3 cm³/mol. The average molecular weight is 273 g/mol. The Hall–Kier alpha value is -1.83. The molecular weight excluding hydrogens is 254 g/mol. The van der Waals surface area contributed by atoms with Crippen molar-refractivity contribution in [2.24, 2.45) is 11.7 Å². The summed E-state index contributed by atoms with van der Waals surface area (Å²) in [6.45, 7) is 1.88. The number of hydrogen-bond acceptors (Lipinski definition) is 4. The van der Waals surface area contributed by atoms with Gasteiger partial charge in [-0.25, -0.2) is 9.59 Å². The van der Waals surface area contributed by atoms with Crippen molar-refractivity contribution in [3.63, 3.8) is 0 Å². The van der Waals surface area contributed by atoms with E-state index in [0.29, 0.717) is 19.1 Å². The second-order valence-corrected chi connectivity index (χ2v) is 4.48. The molecular formula is C11H19N3O5. The predicted octanol–water partition coefficient (Wildman–Crippen LogP) is -0.959. The molecule has 1 fully saturated rings. The zero-order chi connectivity index (χ0) is 14.3. The largest absolute Gasteiger partial charge is 0.480 e. The van der Waals surface area contributed by atoms with Crippen LogP contribution in [0.25, 0.3) is 0 Å². The number of nitrogens with two attached hydrogens (primary N) is 1. The molecule has 1 unspecified atom stereocenters. The zero-order valence-electron chi connectivity index (χ0n) is 10.6. The van der Waals surface area contributed by atoms with Crippen molar-refractivity contribution in [2.45, 2.75) is 25.3 Å². The Morgan fingerprint density at radius 2 is 2.16 bits per heavy atom. The van der Waals surface area contributed by atoms with Gasteiger partial charge in [0, 0.05) is 19.8 Å². The van der Waals surface area contributed by atoms with Crippen molar-refractivity contribution in [3.05, 3.63) is 0 Å². The summed E-state index contributed by atoms with van der Waals surface area (Å²) in [5, 5.41) is 13.5. The van der Waals surface area contributed by atoms with Gasteiger partial charge in [-0.15, -0.1) is 0 Å². The zero-order valence-corrected chi connectivity index (χ0v) is 10.6. The summed E-state index contributed by atoms with van der Waals surface area (Å²) in [6, 6.07) is -1.92. The van der Waals surface area contributed by atoms with Crippen molar-refractivity contribution < 1.29 is 24.2 Å². The van der Waals surface area contributed by atoms with E-state index in [9.17, 15) is 14.4 Å². The minimum atomic E-state index is -1.30. The third-order valence-corrected chi connectivity index (χ3v) is 2.87. The number of ether oxygens (including phenoxy) is 1. The first kappa shape index (κ1) is 15.2. The van der Waals surface area contributed by atoms with Crippen LogP contribution in [0.2, 0.25) is 0 Å². The van der Waals surface area contributed by atoms with Crippen LogP contribution >= 0.6 is 0 Å². The normalized spacial score (nSPS) is 19.7. The lowest BCUT2D eigenvalue weighted by Crippen LogP contribution is -2.48. The van der Waals surface area contributed by atoms with Gasteiger partial charge >= 0.3 is 12.0 Å². The number of rotatable bonds is 7. The van der Waals surface area contributed by atoms with Crippen LogP contribution in [0.4, 0.5) is 4.79 Å². The summed E-state index contributed by atoms with van der Waals surface area (Å²) in [5.41, 5.74) is 4.90. The molecule has 1 aliphatic rings. The molecule has 1 rings (SSSR count). The van der Waals surface area contributed by atoms with Crippen molar-refractivity contribution in [1.29, 1.82) is 0 Å². The van der Waals surface area contributed by atoms with Gasteiger partial charge in [0.25, 0.3) is 0 Å². The molecule has 0 aromatic heterocycles. The van der Waals surface area contributed by atoms with E-state index in [1.807, 2.05) is 0 Å². The van der Waals surface area contributed by atoms with E-state index in [-0.39, 0.29) is 0 Å². The Morgan fingerprint density at radius 3 is 2.68 bits per heavy atom.